The Morgan fingerprint density at radius 3 is 2.65 bits per heavy atom. The third kappa shape index (κ3) is 6.95. The quantitative estimate of drug-likeness (QED) is 0.176. The Bertz CT molecular complexity index is 1630. The Labute approximate surface area is 260 Å². The molecule has 0 spiro atoms. The van der Waals surface area contributed by atoms with Gasteiger partial charge in [-0.15, -0.1) is 0 Å². The lowest BCUT2D eigenvalue weighted by Crippen LogP contribution is -2.42. The number of amides is 1. The van der Waals surface area contributed by atoms with Crippen LogP contribution in [0.3, 0.4) is 0 Å². The number of halogens is 1. The number of nitrogens with one attached hydrogen (secondary N) is 1. The molecular formula is C33H41ClN6O2Si. The van der Waals surface area contributed by atoms with E-state index in [1.807, 2.05) is 18.2 Å². The largest absolute Gasteiger partial charge is 0.415 e. The van der Waals surface area contributed by atoms with E-state index >= 15 is 0 Å². The number of imidazole rings is 1. The van der Waals surface area contributed by atoms with Gasteiger partial charge in [-0.2, -0.15) is 0 Å². The van der Waals surface area contributed by atoms with Gasteiger partial charge in [-0.05, 0) is 73.1 Å². The van der Waals surface area contributed by atoms with E-state index in [1.54, 1.807) is 18.5 Å². The molecule has 2 saturated carbocycles. The number of fused-ring (bicyclic) bond motifs is 1. The van der Waals surface area contributed by atoms with Gasteiger partial charge < -0.3 is 19.0 Å². The van der Waals surface area contributed by atoms with Crippen LogP contribution in [-0.4, -0.2) is 46.7 Å². The Morgan fingerprint density at radius 1 is 1.12 bits per heavy atom. The van der Waals surface area contributed by atoms with Crippen molar-refractivity contribution in [2.45, 2.75) is 76.5 Å². The molecule has 2 aliphatic rings. The van der Waals surface area contributed by atoms with Gasteiger partial charge in [0.25, 0.3) is 0 Å². The third-order valence-electron chi connectivity index (χ3n) is 9.17. The highest BCUT2D eigenvalue weighted by molar-refractivity contribution is 6.74. The van der Waals surface area contributed by atoms with Crippen LogP contribution in [0, 0.1) is 5.92 Å². The first-order chi connectivity index (χ1) is 20.5. The van der Waals surface area contributed by atoms with Crippen LogP contribution in [0.2, 0.25) is 23.2 Å². The molecule has 0 aromatic carbocycles. The summed E-state index contributed by atoms with van der Waals surface area (Å²) in [5, 5.41) is 3.81. The number of carbonyl (C=O) groups excluding carboxylic acids is 1. The van der Waals surface area contributed by atoms with E-state index in [0.29, 0.717) is 36.5 Å². The van der Waals surface area contributed by atoms with E-state index in [2.05, 4.69) is 83.0 Å². The molecule has 4 heterocycles. The average Bonchev–Trinajstić information content (AvgIpc) is 3.88. The van der Waals surface area contributed by atoms with Gasteiger partial charge >= 0.3 is 0 Å². The van der Waals surface area contributed by atoms with Gasteiger partial charge in [0.15, 0.2) is 8.32 Å². The predicted octanol–water partition coefficient (Wildman–Crippen LogP) is 7.43. The number of rotatable bonds is 11. The summed E-state index contributed by atoms with van der Waals surface area (Å²) >= 11 is 6.14. The van der Waals surface area contributed by atoms with Crippen LogP contribution in [0.5, 0.6) is 0 Å². The lowest BCUT2D eigenvalue weighted by molar-refractivity contribution is -0.117. The Kier molecular flexibility index (Phi) is 8.08. The minimum atomic E-state index is -1.91. The zero-order valence-corrected chi connectivity index (χ0v) is 27.4. The second kappa shape index (κ2) is 11.7. The summed E-state index contributed by atoms with van der Waals surface area (Å²) in [7, 11) is -1.91. The number of pyridine rings is 3. The van der Waals surface area contributed by atoms with Crippen molar-refractivity contribution in [3.63, 3.8) is 0 Å². The molecule has 6 rings (SSSR count). The van der Waals surface area contributed by atoms with Crippen LogP contribution < -0.4 is 10.2 Å². The maximum atomic E-state index is 13.1. The molecule has 1 N–H and O–H groups in total. The molecule has 4 aromatic rings. The molecule has 0 radical (unpaired) electrons. The first kappa shape index (κ1) is 29.8. The minimum absolute atomic E-state index is 0.0453. The highest BCUT2D eigenvalue weighted by Gasteiger charge is 2.45. The van der Waals surface area contributed by atoms with Gasteiger partial charge in [-0.25, -0.2) is 9.97 Å². The van der Waals surface area contributed by atoms with Crippen molar-refractivity contribution < 1.29 is 9.22 Å². The summed E-state index contributed by atoms with van der Waals surface area (Å²) in [4.78, 5) is 29.2. The van der Waals surface area contributed by atoms with Gasteiger partial charge in [0.1, 0.15) is 11.5 Å². The fourth-order valence-corrected chi connectivity index (χ4v) is 6.46. The third-order valence-corrected chi connectivity index (χ3v) is 13.9. The highest BCUT2D eigenvalue weighted by atomic mass is 35.5. The van der Waals surface area contributed by atoms with Crippen molar-refractivity contribution in [3.05, 3.63) is 83.2 Å². The van der Waals surface area contributed by atoms with Crippen LogP contribution in [0.25, 0.3) is 5.65 Å². The van der Waals surface area contributed by atoms with Gasteiger partial charge in [0, 0.05) is 65.6 Å². The van der Waals surface area contributed by atoms with Gasteiger partial charge in [0.05, 0.1) is 18.8 Å². The lowest BCUT2D eigenvalue weighted by Gasteiger charge is -2.37. The molecule has 10 heteroatoms. The van der Waals surface area contributed by atoms with E-state index in [0.717, 1.165) is 29.1 Å². The summed E-state index contributed by atoms with van der Waals surface area (Å²) in [6.45, 7) is 13.2. The Hall–Kier alpha value is -3.27. The molecule has 0 bridgehead atoms. The number of carbonyl (C=O) groups is 1. The zero-order valence-electron chi connectivity index (χ0n) is 25.7. The maximum Gasteiger partial charge on any atom is 0.229 e. The monoisotopic (exact) mass is 616 g/mol. The van der Waals surface area contributed by atoms with Crippen LogP contribution >= 0.6 is 11.6 Å². The summed E-state index contributed by atoms with van der Waals surface area (Å²) in [5.41, 5.74) is 5.14. The molecule has 0 aliphatic heterocycles. The van der Waals surface area contributed by atoms with Crippen molar-refractivity contribution in [1.82, 2.24) is 19.4 Å². The maximum absolute atomic E-state index is 13.1. The predicted molar refractivity (Wildman–Crippen MR) is 174 cm³/mol. The van der Waals surface area contributed by atoms with Crippen LogP contribution in [0.15, 0.2) is 61.2 Å². The molecule has 4 aromatic heterocycles. The Balaban J connectivity index is 1.18. The fourth-order valence-electron chi connectivity index (χ4n) is 5.26. The second-order valence-corrected chi connectivity index (χ2v) is 18.7. The lowest BCUT2D eigenvalue weighted by atomic mass is 10.2. The number of anilines is 2. The zero-order chi connectivity index (χ0) is 30.4. The van der Waals surface area contributed by atoms with Crippen molar-refractivity contribution in [1.29, 1.82) is 0 Å². The SMILES string of the molecule is CC(C)(C)[Si](C)(C)OCCN(Cc1cn2cc(C3CC3)ccc2n1)c1ccnc(NC(=O)C2CC2c2cc(Cl)ccn2)c1. The smallest absolute Gasteiger partial charge is 0.229 e. The van der Waals surface area contributed by atoms with Crippen LogP contribution in [0.4, 0.5) is 11.5 Å². The molecule has 226 valence electrons. The normalized spacial score (nSPS) is 18.6. The van der Waals surface area contributed by atoms with E-state index in [4.69, 9.17) is 21.0 Å². The van der Waals surface area contributed by atoms with Crippen LogP contribution in [0.1, 0.15) is 68.8 Å². The molecular weight excluding hydrogens is 576 g/mol. The van der Waals surface area contributed by atoms with Crippen molar-refractivity contribution in [2.75, 3.05) is 23.4 Å². The molecule has 2 unspecified atom stereocenters. The topological polar surface area (TPSA) is 84.7 Å². The molecule has 2 aliphatic carbocycles. The molecule has 2 atom stereocenters. The molecule has 2 fully saturated rings. The van der Waals surface area contributed by atoms with Crippen molar-refractivity contribution in [3.8, 4) is 0 Å². The summed E-state index contributed by atoms with van der Waals surface area (Å²) in [6.07, 6.45) is 11.1. The molecule has 8 nitrogen and oxygen atoms in total. The van der Waals surface area contributed by atoms with Gasteiger partial charge in [-0.1, -0.05) is 38.4 Å². The summed E-state index contributed by atoms with van der Waals surface area (Å²) in [6, 6.07) is 11.8. The molecule has 1 amide bonds. The minimum Gasteiger partial charge on any atom is -0.415 e. The van der Waals surface area contributed by atoms with Crippen LogP contribution in [-0.2, 0) is 15.8 Å². The summed E-state index contributed by atoms with van der Waals surface area (Å²) in [5.74, 6) is 1.13. The first-order valence-corrected chi connectivity index (χ1v) is 18.5. The van der Waals surface area contributed by atoms with E-state index in [-0.39, 0.29) is 22.8 Å². The Morgan fingerprint density at radius 2 is 1.91 bits per heavy atom. The second-order valence-electron chi connectivity index (χ2n) is 13.5. The molecule has 0 saturated heterocycles. The molecule has 43 heavy (non-hydrogen) atoms. The fraction of sp³-hybridized carbons (Fsp3) is 0.455. The van der Waals surface area contributed by atoms with E-state index in [9.17, 15) is 4.79 Å². The number of hydrogen-bond donors (Lipinski definition) is 1. The number of hydrogen-bond acceptors (Lipinski definition) is 6. The standard InChI is InChI=1S/C33H41ClN6O2Si/c1-33(2,3)43(4,5)42-15-14-39(20-25-21-40-19-23(22-6-7-22)8-9-31(40)37-25)26-11-13-36-30(17-26)38-32(41)28-18-27(28)29-16-24(34)10-12-35-29/h8-13,16-17,19,21-22,27-28H,6-7,14-15,18,20H2,1-5H3,(H,36,38,41). The van der Waals surface area contributed by atoms with E-state index < -0.39 is 8.32 Å². The summed E-state index contributed by atoms with van der Waals surface area (Å²) < 4.78 is 8.70. The highest BCUT2D eigenvalue weighted by Crippen LogP contribution is 2.47. The number of aromatic nitrogens is 4. The first-order valence-electron chi connectivity index (χ1n) is 15.2. The van der Waals surface area contributed by atoms with Gasteiger partial charge in [0.2, 0.25) is 5.91 Å². The average molecular weight is 617 g/mol. The van der Waals surface area contributed by atoms with Crippen molar-refractivity contribution >= 4 is 43.0 Å². The number of nitrogens with zero attached hydrogens (tertiary/aromatic N) is 5. The van der Waals surface area contributed by atoms with Gasteiger partial charge in [-0.3, -0.25) is 9.78 Å². The van der Waals surface area contributed by atoms with E-state index in [1.165, 1.54) is 18.4 Å². The van der Waals surface area contributed by atoms with Crippen molar-refractivity contribution in [2.24, 2.45) is 5.92 Å².